The van der Waals surface area contributed by atoms with E-state index in [1.807, 2.05) is 37.3 Å². The van der Waals surface area contributed by atoms with Crippen molar-refractivity contribution in [1.82, 2.24) is 14.7 Å². The third-order valence-electron chi connectivity index (χ3n) is 4.48. The minimum atomic E-state index is -0.539. The van der Waals surface area contributed by atoms with Crippen LogP contribution in [0.1, 0.15) is 21.6 Å². The Hall–Kier alpha value is -3.74. The maximum atomic E-state index is 13.1. The first-order chi connectivity index (χ1) is 14.0. The number of aromatic nitrogens is 2. The summed E-state index contributed by atoms with van der Waals surface area (Å²) in [6.45, 7) is 1.92. The molecular weight excluding hydrogens is 370 g/mol. The van der Waals surface area contributed by atoms with Gasteiger partial charge in [0.15, 0.2) is 0 Å². The predicted molar refractivity (Wildman–Crippen MR) is 108 cm³/mol. The van der Waals surface area contributed by atoms with Crippen LogP contribution in [0.25, 0.3) is 5.69 Å². The van der Waals surface area contributed by atoms with Crippen LogP contribution in [-0.4, -0.2) is 40.2 Å². The number of methoxy groups -OCH3 is 1. The highest BCUT2D eigenvalue weighted by Crippen LogP contribution is 2.13. The third kappa shape index (κ3) is 4.76. The zero-order valence-electron chi connectivity index (χ0n) is 16.2. The lowest BCUT2D eigenvalue weighted by Gasteiger charge is -2.22. The second-order valence-corrected chi connectivity index (χ2v) is 6.47. The predicted octanol–water partition coefficient (Wildman–Crippen LogP) is 2.36. The Kier molecular flexibility index (Phi) is 6.19. The molecular formula is C22H21N3O4. The van der Waals surface area contributed by atoms with Gasteiger partial charge in [0.1, 0.15) is 12.2 Å². The minimum absolute atomic E-state index is 0.0611. The lowest BCUT2D eigenvalue weighted by Crippen LogP contribution is -2.37. The molecule has 148 valence electrons. The molecule has 7 heteroatoms. The smallest absolute Gasteiger partial charge is 0.325 e. The van der Waals surface area contributed by atoms with Gasteiger partial charge in [0.25, 0.3) is 11.5 Å². The molecule has 0 aliphatic rings. The van der Waals surface area contributed by atoms with E-state index in [1.54, 1.807) is 24.3 Å². The Morgan fingerprint density at radius 3 is 2.38 bits per heavy atom. The van der Waals surface area contributed by atoms with Crippen molar-refractivity contribution in [2.75, 3.05) is 13.7 Å². The lowest BCUT2D eigenvalue weighted by atomic mass is 10.1. The van der Waals surface area contributed by atoms with Crippen molar-refractivity contribution in [3.8, 4) is 5.69 Å². The van der Waals surface area contributed by atoms with Gasteiger partial charge in [-0.25, -0.2) is 0 Å². The van der Waals surface area contributed by atoms with E-state index in [4.69, 9.17) is 4.74 Å². The minimum Gasteiger partial charge on any atom is -0.468 e. The van der Waals surface area contributed by atoms with Crippen molar-refractivity contribution in [3.63, 3.8) is 0 Å². The molecule has 3 aromatic rings. The number of amides is 1. The molecule has 1 aromatic heterocycles. The number of hydrogen-bond donors (Lipinski definition) is 0. The monoisotopic (exact) mass is 391 g/mol. The Bertz CT molecular complexity index is 1080. The maximum Gasteiger partial charge on any atom is 0.325 e. The number of nitrogens with zero attached hydrogens (tertiary/aromatic N) is 3. The third-order valence-corrected chi connectivity index (χ3v) is 4.48. The van der Waals surface area contributed by atoms with Gasteiger partial charge in [-0.1, -0.05) is 42.5 Å². The second-order valence-electron chi connectivity index (χ2n) is 6.47. The van der Waals surface area contributed by atoms with E-state index in [1.165, 1.54) is 24.1 Å². The summed E-state index contributed by atoms with van der Waals surface area (Å²) >= 11 is 0. The van der Waals surface area contributed by atoms with Gasteiger partial charge in [-0.05, 0) is 36.2 Å². The van der Waals surface area contributed by atoms with Crippen molar-refractivity contribution in [1.29, 1.82) is 0 Å². The number of rotatable bonds is 6. The fourth-order valence-electron chi connectivity index (χ4n) is 2.85. The van der Waals surface area contributed by atoms with Gasteiger partial charge >= 0.3 is 5.97 Å². The molecule has 7 nitrogen and oxygen atoms in total. The highest BCUT2D eigenvalue weighted by Gasteiger charge is 2.22. The Morgan fingerprint density at radius 1 is 1.00 bits per heavy atom. The molecule has 29 heavy (non-hydrogen) atoms. The zero-order chi connectivity index (χ0) is 20.8. The summed E-state index contributed by atoms with van der Waals surface area (Å²) in [6.07, 6.45) is 0. The van der Waals surface area contributed by atoms with E-state index in [2.05, 4.69) is 5.10 Å². The summed E-state index contributed by atoms with van der Waals surface area (Å²) in [7, 11) is 1.27. The number of aryl methyl sites for hydroxylation is 1. The summed E-state index contributed by atoms with van der Waals surface area (Å²) in [4.78, 5) is 38.6. The zero-order valence-corrected chi connectivity index (χ0v) is 16.2. The van der Waals surface area contributed by atoms with Crippen LogP contribution in [0.5, 0.6) is 0 Å². The molecule has 1 amide bonds. The fraction of sp³-hybridized carbons (Fsp3) is 0.182. The average molecular weight is 391 g/mol. The molecule has 0 spiro atoms. The van der Waals surface area contributed by atoms with Gasteiger partial charge in [0, 0.05) is 12.6 Å². The van der Waals surface area contributed by atoms with Gasteiger partial charge in [0.05, 0.1) is 12.8 Å². The van der Waals surface area contributed by atoms with Gasteiger partial charge in [-0.2, -0.15) is 9.78 Å². The normalized spacial score (nSPS) is 10.4. The molecule has 3 rings (SSSR count). The van der Waals surface area contributed by atoms with E-state index in [0.29, 0.717) is 5.69 Å². The van der Waals surface area contributed by atoms with Crippen molar-refractivity contribution in [2.24, 2.45) is 0 Å². The Morgan fingerprint density at radius 2 is 1.69 bits per heavy atom. The first kappa shape index (κ1) is 20.0. The van der Waals surface area contributed by atoms with Crippen LogP contribution in [0.2, 0.25) is 0 Å². The van der Waals surface area contributed by atoms with Crippen molar-refractivity contribution in [2.45, 2.75) is 13.5 Å². The summed E-state index contributed by atoms with van der Waals surface area (Å²) in [5.41, 5.74) is 2.15. The second kappa shape index (κ2) is 8.97. The van der Waals surface area contributed by atoms with Crippen molar-refractivity contribution >= 4 is 11.9 Å². The number of para-hydroxylation sites is 1. The number of esters is 1. The Labute approximate surface area is 168 Å². The van der Waals surface area contributed by atoms with Crippen LogP contribution in [0, 0.1) is 6.92 Å². The van der Waals surface area contributed by atoms with Crippen LogP contribution >= 0.6 is 0 Å². The van der Waals surface area contributed by atoms with Crippen LogP contribution < -0.4 is 5.56 Å². The van der Waals surface area contributed by atoms with Crippen LogP contribution in [0.4, 0.5) is 0 Å². The van der Waals surface area contributed by atoms with Gasteiger partial charge in [-0.3, -0.25) is 14.4 Å². The molecule has 0 fully saturated rings. The molecule has 0 saturated carbocycles. The van der Waals surface area contributed by atoms with Crippen LogP contribution in [0.3, 0.4) is 0 Å². The summed E-state index contributed by atoms with van der Waals surface area (Å²) in [5.74, 6) is -1.01. The maximum absolute atomic E-state index is 13.1. The quantitative estimate of drug-likeness (QED) is 0.603. The van der Waals surface area contributed by atoms with Crippen LogP contribution in [0.15, 0.2) is 71.5 Å². The van der Waals surface area contributed by atoms with Crippen molar-refractivity contribution in [3.05, 3.63) is 93.9 Å². The van der Waals surface area contributed by atoms with E-state index in [-0.39, 0.29) is 24.3 Å². The molecule has 0 saturated heterocycles. The fourth-order valence-corrected chi connectivity index (χ4v) is 2.85. The lowest BCUT2D eigenvalue weighted by molar-refractivity contribution is -0.141. The first-order valence-electron chi connectivity index (χ1n) is 9.06. The number of benzene rings is 2. The SMILES string of the molecule is COC(=O)CN(Cc1ccccc1C)C(=O)c1ccc(=O)n(-c2ccccc2)n1. The number of ether oxygens (including phenoxy) is 1. The summed E-state index contributed by atoms with van der Waals surface area (Å²) < 4.78 is 5.90. The largest absolute Gasteiger partial charge is 0.468 e. The van der Waals surface area contributed by atoms with Gasteiger partial charge in [0.2, 0.25) is 0 Å². The average Bonchev–Trinajstić information content (AvgIpc) is 2.75. The van der Waals surface area contributed by atoms with E-state index >= 15 is 0 Å². The number of hydrogen-bond acceptors (Lipinski definition) is 5. The molecule has 0 aliphatic heterocycles. The standard InChI is InChI=1S/C22H21N3O4/c1-16-8-6-7-9-17(16)14-24(15-21(27)29-2)22(28)19-12-13-20(26)25(23-19)18-10-4-3-5-11-18/h3-13H,14-15H2,1-2H3. The Balaban J connectivity index is 1.96. The molecule has 0 N–H and O–H groups in total. The molecule has 0 atom stereocenters. The highest BCUT2D eigenvalue weighted by atomic mass is 16.5. The molecule has 0 radical (unpaired) electrons. The van der Waals surface area contributed by atoms with Gasteiger partial charge < -0.3 is 9.64 Å². The van der Waals surface area contributed by atoms with Gasteiger partial charge in [-0.15, -0.1) is 0 Å². The summed E-state index contributed by atoms with van der Waals surface area (Å²) in [5, 5.41) is 4.22. The van der Waals surface area contributed by atoms with E-state index in [0.717, 1.165) is 15.8 Å². The first-order valence-corrected chi connectivity index (χ1v) is 9.06. The summed E-state index contributed by atoms with van der Waals surface area (Å²) in [6, 6.07) is 19.1. The molecule has 0 unspecified atom stereocenters. The van der Waals surface area contributed by atoms with Crippen molar-refractivity contribution < 1.29 is 14.3 Å². The topological polar surface area (TPSA) is 81.5 Å². The molecule has 1 heterocycles. The van der Waals surface area contributed by atoms with E-state index in [9.17, 15) is 14.4 Å². The number of carbonyl (C=O) groups excluding carboxylic acids is 2. The van der Waals surface area contributed by atoms with Crippen LogP contribution in [-0.2, 0) is 16.1 Å². The number of carbonyl (C=O) groups is 2. The molecule has 0 aliphatic carbocycles. The highest BCUT2D eigenvalue weighted by molar-refractivity contribution is 5.94. The van der Waals surface area contributed by atoms with E-state index < -0.39 is 11.9 Å². The molecule has 2 aromatic carbocycles. The molecule has 0 bridgehead atoms.